The monoisotopic (exact) mass is 257 g/mol. The first kappa shape index (κ1) is 13.2. The van der Waals surface area contributed by atoms with Crippen LogP contribution in [0.3, 0.4) is 0 Å². The maximum atomic E-state index is 10.9. The Morgan fingerprint density at radius 3 is 2.21 bits per heavy atom. The third-order valence-corrected chi connectivity index (χ3v) is 3.14. The molecule has 0 aliphatic carbocycles. The highest BCUT2D eigenvalue weighted by atomic mass is 16.6. The zero-order chi connectivity index (χ0) is 14.0. The zero-order valence-corrected chi connectivity index (χ0v) is 10.8. The molecule has 0 radical (unpaired) electrons. The second-order valence-corrected chi connectivity index (χ2v) is 4.62. The predicted octanol–water partition coefficient (Wildman–Crippen LogP) is 3.29. The Balaban J connectivity index is 2.38. The van der Waals surface area contributed by atoms with E-state index in [1.54, 1.807) is 19.1 Å². The van der Waals surface area contributed by atoms with Crippen molar-refractivity contribution in [1.82, 2.24) is 0 Å². The van der Waals surface area contributed by atoms with Crippen LogP contribution in [0.2, 0.25) is 0 Å². The molecule has 2 aromatic carbocycles. The minimum absolute atomic E-state index is 0.0312. The number of hydrogen-bond acceptors (Lipinski definition) is 3. The summed E-state index contributed by atoms with van der Waals surface area (Å²) in [5, 5.41) is 21.2. The Hall–Kier alpha value is -2.20. The number of nitro benzene ring substituents is 1. The second-order valence-electron chi connectivity index (χ2n) is 4.62. The molecule has 4 nitrogen and oxygen atoms in total. The first-order valence-electron chi connectivity index (χ1n) is 5.98. The van der Waals surface area contributed by atoms with Crippen molar-refractivity contribution in [3.63, 3.8) is 0 Å². The van der Waals surface area contributed by atoms with Crippen molar-refractivity contribution in [2.24, 2.45) is 0 Å². The lowest BCUT2D eigenvalue weighted by molar-refractivity contribution is -0.385. The van der Waals surface area contributed by atoms with Gasteiger partial charge in [-0.3, -0.25) is 10.1 Å². The quantitative estimate of drug-likeness (QED) is 0.677. The van der Waals surface area contributed by atoms with Crippen LogP contribution in [-0.4, -0.2) is 10.0 Å². The first-order valence-corrected chi connectivity index (χ1v) is 5.98. The third kappa shape index (κ3) is 2.80. The van der Waals surface area contributed by atoms with Gasteiger partial charge in [0.15, 0.2) is 0 Å². The van der Waals surface area contributed by atoms with Crippen LogP contribution >= 0.6 is 0 Å². The zero-order valence-electron chi connectivity index (χ0n) is 10.8. The summed E-state index contributed by atoms with van der Waals surface area (Å²) in [5.41, 5.74) is 2.98. The summed E-state index contributed by atoms with van der Waals surface area (Å²) in [4.78, 5) is 10.5. The second kappa shape index (κ2) is 5.20. The highest BCUT2D eigenvalue weighted by Gasteiger charge is 2.16. The number of benzene rings is 2. The van der Waals surface area contributed by atoms with E-state index in [9.17, 15) is 15.2 Å². The van der Waals surface area contributed by atoms with Crippen molar-refractivity contribution in [3.8, 4) is 0 Å². The van der Waals surface area contributed by atoms with Crippen molar-refractivity contribution < 1.29 is 10.0 Å². The van der Waals surface area contributed by atoms with Crippen LogP contribution in [0.25, 0.3) is 0 Å². The van der Waals surface area contributed by atoms with Gasteiger partial charge >= 0.3 is 0 Å². The Morgan fingerprint density at radius 2 is 1.63 bits per heavy atom. The van der Waals surface area contributed by atoms with E-state index in [0.29, 0.717) is 11.1 Å². The van der Waals surface area contributed by atoms with Gasteiger partial charge in [-0.2, -0.15) is 0 Å². The molecule has 0 saturated heterocycles. The predicted molar refractivity (Wildman–Crippen MR) is 73.1 cm³/mol. The molecule has 0 fully saturated rings. The topological polar surface area (TPSA) is 63.4 Å². The van der Waals surface area contributed by atoms with E-state index in [4.69, 9.17) is 0 Å². The molecule has 1 atom stereocenters. The number of nitrogens with zero attached hydrogens (tertiary/aromatic N) is 1. The minimum Gasteiger partial charge on any atom is -0.384 e. The maximum absolute atomic E-state index is 10.9. The van der Waals surface area contributed by atoms with Crippen LogP contribution < -0.4 is 0 Å². The largest absolute Gasteiger partial charge is 0.384 e. The number of hydrogen-bond donors (Lipinski definition) is 1. The van der Waals surface area contributed by atoms with Crippen LogP contribution in [-0.2, 0) is 0 Å². The molecule has 0 aromatic heterocycles. The van der Waals surface area contributed by atoms with E-state index < -0.39 is 11.0 Å². The molecule has 4 heteroatoms. The molecule has 98 valence electrons. The highest BCUT2D eigenvalue weighted by Crippen LogP contribution is 2.27. The fourth-order valence-corrected chi connectivity index (χ4v) is 1.93. The summed E-state index contributed by atoms with van der Waals surface area (Å²) in [5.74, 6) is 0. The number of aryl methyl sites for hydroxylation is 2. The molecule has 0 amide bonds. The molecule has 1 N–H and O–H groups in total. The van der Waals surface area contributed by atoms with Gasteiger partial charge in [-0.25, -0.2) is 0 Å². The number of aliphatic hydroxyl groups excluding tert-OH is 1. The normalized spacial score (nSPS) is 12.2. The molecular weight excluding hydrogens is 242 g/mol. The molecule has 2 rings (SSSR count). The Kier molecular flexibility index (Phi) is 3.62. The van der Waals surface area contributed by atoms with Crippen LogP contribution in [0.15, 0.2) is 42.5 Å². The summed E-state index contributed by atoms with van der Waals surface area (Å²) >= 11 is 0. The summed E-state index contributed by atoms with van der Waals surface area (Å²) in [6.07, 6.45) is -0.847. The Bertz CT molecular complexity index is 605. The summed E-state index contributed by atoms with van der Waals surface area (Å²) in [6, 6.07) is 12.3. The van der Waals surface area contributed by atoms with Crippen molar-refractivity contribution in [2.45, 2.75) is 20.0 Å². The van der Waals surface area contributed by atoms with Gasteiger partial charge in [0.1, 0.15) is 6.10 Å². The molecule has 0 bridgehead atoms. The lowest BCUT2D eigenvalue weighted by atomic mass is 9.99. The fourth-order valence-electron chi connectivity index (χ4n) is 1.93. The van der Waals surface area contributed by atoms with Crippen LogP contribution in [0.1, 0.15) is 28.4 Å². The van der Waals surface area contributed by atoms with Crippen molar-refractivity contribution in [1.29, 1.82) is 0 Å². The van der Waals surface area contributed by atoms with Crippen molar-refractivity contribution in [2.75, 3.05) is 0 Å². The smallest absolute Gasteiger partial charge is 0.272 e. The number of nitro groups is 1. The molecule has 0 spiro atoms. The van der Waals surface area contributed by atoms with Crippen LogP contribution in [0.4, 0.5) is 5.69 Å². The maximum Gasteiger partial charge on any atom is 0.272 e. The van der Waals surface area contributed by atoms with Crippen molar-refractivity contribution >= 4 is 5.69 Å². The Labute approximate surface area is 111 Å². The van der Waals surface area contributed by atoms with E-state index in [1.165, 1.54) is 6.07 Å². The standard InChI is InChI=1S/C15H15NO3/c1-10-3-6-12(7-4-10)15(17)13-8-5-11(2)14(9-13)16(18)19/h3-9,15,17H,1-2H3. The molecule has 0 heterocycles. The molecular formula is C15H15NO3. The van der Waals surface area contributed by atoms with Gasteiger partial charge in [-0.15, -0.1) is 0 Å². The highest BCUT2D eigenvalue weighted by molar-refractivity contribution is 5.45. The lowest BCUT2D eigenvalue weighted by Crippen LogP contribution is -2.01. The fraction of sp³-hybridized carbons (Fsp3) is 0.200. The van der Waals surface area contributed by atoms with Gasteiger partial charge < -0.3 is 5.11 Å². The molecule has 0 saturated carbocycles. The van der Waals surface area contributed by atoms with Gasteiger partial charge in [0.25, 0.3) is 5.69 Å². The summed E-state index contributed by atoms with van der Waals surface area (Å²) in [6.45, 7) is 3.65. The SMILES string of the molecule is Cc1ccc(C(O)c2ccc(C)c([N+](=O)[O-])c2)cc1. The lowest BCUT2D eigenvalue weighted by Gasteiger charge is -2.12. The van der Waals surface area contributed by atoms with Crippen LogP contribution in [0.5, 0.6) is 0 Å². The average molecular weight is 257 g/mol. The van der Waals surface area contributed by atoms with E-state index in [-0.39, 0.29) is 5.69 Å². The van der Waals surface area contributed by atoms with E-state index in [1.807, 2.05) is 31.2 Å². The van der Waals surface area contributed by atoms with E-state index in [2.05, 4.69) is 0 Å². The molecule has 19 heavy (non-hydrogen) atoms. The molecule has 1 unspecified atom stereocenters. The van der Waals surface area contributed by atoms with E-state index in [0.717, 1.165) is 11.1 Å². The molecule has 0 aliphatic rings. The molecule has 0 aliphatic heterocycles. The first-order chi connectivity index (χ1) is 8.99. The number of aliphatic hydroxyl groups is 1. The van der Waals surface area contributed by atoms with Gasteiger partial charge in [-0.1, -0.05) is 42.0 Å². The van der Waals surface area contributed by atoms with E-state index >= 15 is 0 Å². The van der Waals surface area contributed by atoms with Crippen molar-refractivity contribution in [3.05, 3.63) is 74.8 Å². The third-order valence-electron chi connectivity index (χ3n) is 3.14. The average Bonchev–Trinajstić information content (AvgIpc) is 2.39. The van der Waals surface area contributed by atoms with Gasteiger partial charge in [-0.05, 0) is 25.0 Å². The van der Waals surface area contributed by atoms with Gasteiger partial charge in [0.2, 0.25) is 0 Å². The van der Waals surface area contributed by atoms with Gasteiger partial charge in [0, 0.05) is 11.6 Å². The summed E-state index contributed by atoms with van der Waals surface area (Å²) < 4.78 is 0. The van der Waals surface area contributed by atoms with Gasteiger partial charge in [0.05, 0.1) is 4.92 Å². The Morgan fingerprint density at radius 1 is 1.05 bits per heavy atom. The minimum atomic E-state index is -0.847. The summed E-state index contributed by atoms with van der Waals surface area (Å²) in [7, 11) is 0. The number of rotatable bonds is 3. The van der Waals surface area contributed by atoms with Crippen LogP contribution in [0, 0.1) is 24.0 Å². The molecule has 2 aromatic rings.